The lowest BCUT2D eigenvalue weighted by atomic mass is 9.89. The van der Waals surface area contributed by atoms with Gasteiger partial charge in [0.05, 0.1) is 12.5 Å². The van der Waals surface area contributed by atoms with Crippen molar-refractivity contribution in [3.63, 3.8) is 0 Å². The van der Waals surface area contributed by atoms with Crippen molar-refractivity contribution >= 4 is 11.8 Å². The first-order valence-electron chi connectivity index (χ1n) is 7.94. The van der Waals surface area contributed by atoms with Gasteiger partial charge in [-0.15, -0.1) is 0 Å². The molecule has 0 bridgehead atoms. The molecule has 0 aromatic heterocycles. The van der Waals surface area contributed by atoms with Crippen molar-refractivity contribution in [3.05, 3.63) is 35.6 Å². The Hall–Kier alpha value is -1.75. The largest absolute Gasteiger partial charge is 0.291 e. The van der Waals surface area contributed by atoms with Crippen LogP contribution in [-0.2, 0) is 9.59 Å². The maximum absolute atomic E-state index is 13.0. The van der Waals surface area contributed by atoms with Gasteiger partial charge in [0.1, 0.15) is 5.82 Å². The monoisotopic (exact) mass is 304 g/mol. The summed E-state index contributed by atoms with van der Waals surface area (Å²) in [4.78, 5) is 27.6. The van der Waals surface area contributed by atoms with Gasteiger partial charge < -0.3 is 0 Å². The summed E-state index contributed by atoms with van der Waals surface area (Å²) in [6.45, 7) is 3.91. The minimum atomic E-state index is -0.276. The Morgan fingerprint density at radius 1 is 1.14 bits per heavy atom. The number of halogens is 1. The third-order valence-electron chi connectivity index (χ3n) is 4.85. The van der Waals surface area contributed by atoms with Gasteiger partial charge in [0.25, 0.3) is 0 Å². The van der Waals surface area contributed by atoms with Gasteiger partial charge in [-0.3, -0.25) is 19.4 Å². The van der Waals surface area contributed by atoms with Crippen LogP contribution in [0.25, 0.3) is 0 Å². The van der Waals surface area contributed by atoms with Crippen molar-refractivity contribution in [3.8, 4) is 0 Å². The normalized spacial score (nSPS) is 24.3. The number of imide groups is 1. The number of benzene rings is 1. The number of hydrogen-bond donors (Lipinski definition) is 0. The summed E-state index contributed by atoms with van der Waals surface area (Å²) in [6, 6.07) is 6.42. The van der Waals surface area contributed by atoms with Crippen LogP contribution in [0.15, 0.2) is 24.3 Å². The molecule has 4 nitrogen and oxygen atoms in total. The molecule has 2 fully saturated rings. The second-order valence-corrected chi connectivity index (χ2v) is 6.06. The molecular formula is C17H21FN2O2. The van der Waals surface area contributed by atoms with Gasteiger partial charge >= 0.3 is 0 Å². The summed E-state index contributed by atoms with van der Waals surface area (Å²) in [7, 11) is 0. The highest BCUT2D eigenvalue weighted by atomic mass is 19.1. The Kier molecular flexibility index (Phi) is 4.25. The molecule has 1 aromatic rings. The predicted octanol–water partition coefficient (Wildman–Crippen LogP) is 2.15. The van der Waals surface area contributed by atoms with Crippen LogP contribution in [0.3, 0.4) is 0 Å². The lowest BCUT2D eigenvalue weighted by Gasteiger charge is -2.35. The zero-order valence-electron chi connectivity index (χ0n) is 12.8. The van der Waals surface area contributed by atoms with E-state index in [4.69, 9.17) is 0 Å². The molecule has 0 aliphatic carbocycles. The van der Waals surface area contributed by atoms with E-state index in [1.54, 1.807) is 0 Å². The first-order chi connectivity index (χ1) is 10.6. The Morgan fingerprint density at radius 3 is 2.32 bits per heavy atom. The molecule has 1 aromatic carbocycles. The van der Waals surface area contributed by atoms with Crippen LogP contribution in [0.1, 0.15) is 37.7 Å². The predicted molar refractivity (Wildman–Crippen MR) is 80.7 cm³/mol. The number of likely N-dealkylation sites (N-methyl/N-ethyl adjacent to an activating group) is 1. The van der Waals surface area contributed by atoms with Crippen LogP contribution >= 0.6 is 0 Å². The number of amides is 2. The molecule has 1 atom stereocenters. The van der Waals surface area contributed by atoms with Crippen LogP contribution in [0.5, 0.6) is 0 Å². The van der Waals surface area contributed by atoms with Crippen LogP contribution < -0.4 is 0 Å². The second-order valence-electron chi connectivity index (χ2n) is 6.06. The standard InChI is InChI=1S/C17H21FN2O2/c1-2-20-16(21)11-15(17(20)22)19-9-7-13(8-10-19)12-3-5-14(18)6-4-12/h3-6,13,15H,2,7-11H2,1H3. The number of piperidine rings is 1. The molecular weight excluding hydrogens is 283 g/mol. The minimum Gasteiger partial charge on any atom is -0.291 e. The lowest BCUT2D eigenvalue weighted by molar-refractivity contribution is -0.139. The Labute approximate surface area is 129 Å². The molecule has 1 unspecified atom stereocenters. The fourth-order valence-electron chi connectivity index (χ4n) is 3.56. The fraction of sp³-hybridized carbons (Fsp3) is 0.529. The summed E-state index contributed by atoms with van der Waals surface area (Å²) in [5.41, 5.74) is 1.16. The number of hydrogen-bond acceptors (Lipinski definition) is 3. The van der Waals surface area contributed by atoms with E-state index in [9.17, 15) is 14.0 Å². The Bertz CT molecular complexity index is 565. The molecule has 118 valence electrons. The molecule has 5 heteroatoms. The molecule has 2 amide bonds. The van der Waals surface area contributed by atoms with Gasteiger partial charge in [-0.2, -0.15) is 0 Å². The third kappa shape index (κ3) is 2.77. The minimum absolute atomic E-state index is 0.0484. The van der Waals surface area contributed by atoms with E-state index in [0.29, 0.717) is 18.9 Å². The second kappa shape index (κ2) is 6.16. The van der Waals surface area contributed by atoms with Gasteiger partial charge in [0.15, 0.2) is 0 Å². The topological polar surface area (TPSA) is 40.6 Å². The molecule has 3 rings (SSSR count). The maximum Gasteiger partial charge on any atom is 0.247 e. The summed E-state index contributed by atoms with van der Waals surface area (Å²) in [5.74, 6) is 0.0909. The van der Waals surface area contributed by atoms with Crippen molar-refractivity contribution < 1.29 is 14.0 Å². The molecule has 0 N–H and O–H groups in total. The molecule has 2 aliphatic heterocycles. The average Bonchev–Trinajstić information content (AvgIpc) is 2.82. The summed E-state index contributed by atoms with van der Waals surface area (Å²) in [6.07, 6.45) is 2.19. The molecule has 22 heavy (non-hydrogen) atoms. The van der Waals surface area contributed by atoms with E-state index in [1.165, 1.54) is 17.0 Å². The number of likely N-dealkylation sites (tertiary alicyclic amines) is 2. The maximum atomic E-state index is 13.0. The number of carbonyl (C=O) groups is 2. The molecule has 0 radical (unpaired) electrons. The smallest absolute Gasteiger partial charge is 0.247 e. The zero-order valence-corrected chi connectivity index (χ0v) is 12.8. The zero-order chi connectivity index (χ0) is 15.7. The number of rotatable bonds is 3. The fourth-order valence-corrected chi connectivity index (χ4v) is 3.56. The van der Waals surface area contributed by atoms with Crippen molar-refractivity contribution in [2.45, 2.75) is 38.1 Å². The SMILES string of the molecule is CCN1C(=O)CC(N2CCC(c3ccc(F)cc3)CC2)C1=O. The van der Waals surface area contributed by atoms with E-state index in [2.05, 4.69) is 4.90 Å². The molecule has 2 aliphatic rings. The van der Waals surface area contributed by atoms with Crippen molar-refractivity contribution in [2.75, 3.05) is 19.6 Å². The summed E-state index contributed by atoms with van der Waals surface area (Å²) >= 11 is 0. The van der Waals surface area contributed by atoms with Gasteiger partial charge in [0.2, 0.25) is 11.8 Å². The Balaban J connectivity index is 1.61. The summed E-state index contributed by atoms with van der Waals surface area (Å²) in [5, 5.41) is 0. The first-order valence-corrected chi connectivity index (χ1v) is 7.94. The van der Waals surface area contributed by atoms with E-state index in [-0.39, 0.29) is 23.7 Å². The van der Waals surface area contributed by atoms with Gasteiger partial charge in [-0.1, -0.05) is 12.1 Å². The van der Waals surface area contributed by atoms with E-state index in [1.807, 2.05) is 19.1 Å². The number of nitrogens with zero attached hydrogens (tertiary/aromatic N) is 2. The van der Waals surface area contributed by atoms with Crippen molar-refractivity contribution in [1.82, 2.24) is 9.80 Å². The van der Waals surface area contributed by atoms with Crippen LogP contribution in [-0.4, -0.2) is 47.3 Å². The molecule has 2 saturated heterocycles. The van der Waals surface area contributed by atoms with Gasteiger partial charge in [0, 0.05) is 6.54 Å². The number of carbonyl (C=O) groups excluding carboxylic acids is 2. The average molecular weight is 304 g/mol. The van der Waals surface area contributed by atoms with E-state index < -0.39 is 0 Å². The Morgan fingerprint density at radius 2 is 1.77 bits per heavy atom. The first kappa shape index (κ1) is 15.2. The summed E-state index contributed by atoms with van der Waals surface area (Å²) < 4.78 is 13.0. The van der Waals surface area contributed by atoms with Crippen molar-refractivity contribution in [2.24, 2.45) is 0 Å². The van der Waals surface area contributed by atoms with E-state index >= 15 is 0 Å². The van der Waals surface area contributed by atoms with E-state index in [0.717, 1.165) is 31.5 Å². The molecule has 0 saturated carbocycles. The lowest BCUT2D eigenvalue weighted by Crippen LogP contribution is -2.45. The highest BCUT2D eigenvalue weighted by Crippen LogP contribution is 2.31. The third-order valence-corrected chi connectivity index (χ3v) is 4.85. The van der Waals surface area contributed by atoms with Gasteiger partial charge in [-0.05, 0) is 56.5 Å². The van der Waals surface area contributed by atoms with Crippen LogP contribution in [0.2, 0.25) is 0 Å². The van der Waals surface area contributed by atoms with Gasteiger partial charge in [-0.25, -0.2) is 4.39 Å². The molecule has 2 heterocycles. The van der Waals surface area contributed by atoms with Crippen LogP contribution in [0, 0.1) is 5.82 Å². The van der Waals surface area contributed by atoms with Crippen molar-refractivity contribution in [1.29, 1.82) is 0 Å². The quantitative estimate of drug-likeness (QED) is 0.804. The molecule has 0 spiro atoms. The highest BCUT2D eigenvalue weighted by molar-refractivity contribution is 6.05. The highest BCUT2D eigenvalue weighted by Gasteiger charge is 2.41. The van der Waals surface area contributed by atoms with Crippen LogP contribution in [0.4, 0.5) is 4.39 Å².